The second-order valence-corrected chi connectivity index (χ2v) is 7.10. The lowest BCUT2D eigenvalue weighted by molar-refractivity contribution is -0.142. The molecule has 0 aliphatic carbocycles. The lowest BCUT2D eigenvalue weighted by Gasteiger charge is -2.25. The molecule has 0 aliphatic rings. The van der Waals surface area contributed by atoms with Gasteiger partial charge in [-0.3, -0.25) is 0 Å². The Morgan fingerprint density at radius 3 is 1.82 bits per heavy atom. The Kier molecular flexibility index (Phi) is 6.94. The average Bonchev–Trinajstić information content (AvgIpc) is 2.76. The molecule has 0 spiro atoms. The summed E-state index contributed by atoms with van der Waals surface area (Å²) < 4.78 is 121. The number of hydrogen-bond acceptors (Lipinski definition) is 3. The predicted molar refractivity (Wildman–Crippen MR) is 101 cm³/mol. The molecule has 0 aliphatic heterocycles. The fourth-order valence-corrected chi connectivity index (χ4v) is 3.46. The van der Waals surface area contributed by atoms with Crippen molar-refractivity contribution in [2.24, 2.45) is 0 Å². The molecule has 3 rings (SSSR count). The van der Waals surface area contributed by atoms with Gasteiger partial charge in [-0.15, -0.1) is 0 Å². The summed E-state index contributed by atoms with van der Waals surface area (Å²) >= 11 is 0. The molecule has 1 atom stereocenters. The Labute approximate surface area is 186 Å². The summed E-state index contributed by atoms with van der Waals surface area (Å²) in [7, 11) is 0. The number of alkyl halides is 8. The number of aromatic nitrogens is 1. The van der Waals surface area contributed by atoms with Gasteiger partial charge in [0.05, 0.1) is 12.2 Å². The third-order valence-corrected chi connectivity index (χ3v) is 4.96. The highest BCUT2D eigenvalue weighted by molar-refractivity contribution is 5.74. The number of aliphatic hydroxyl groups excluding tert-OH is 2. The first-order valence-electron chi connectivity index (χ1n) is 9.39. The van der Waals surface area contributed by atoms with E-state index in [9.17, 15) is 49.7 Å². The molecule has 0 bridgehead atoms. The van der Waals surface area contributed by atoms with E-state index in [1.54, 1.807) is 0 Å². The van der Waals surface area contributed by atoms with Gasteiger partial charge in [0.1, 0.15) is 17.6 Å². The van der Waals surface area contributed by atoms with E-state index in [2.05, 4.69) is 4.98 Å². The van der Waals surface area contributed by atoms with Crippen molar-refractivity contribution in [1.29, 1.82) is 0 Å². The first-order valence-corrected chi connectivity index (χ1v) is 9.39. The quantitative estimate of drug-likeness (QED) is 0.401. The van der Waals surface area contributed by atoms with Crippen LogP contribution in [0, 0.1) is 5.82 Å². The molecular weight excluding hydrogens is 481 g/mol. The van der Waals surface area contributed by atoms with Crippen molar-refractivity contribution in [3.05, 3.63) is 88.0 Å². The highest BCUT2D eigenvalue weighted by atomic mass is 19.4. The Morgan fingerprint density at radius 2 is 1.38 bits per heavy atom. The second-order valence-electron chi connectivity index (χ2n) is 7.10. The van der Waals surface area contributed by atoms with Crippen LogP contribution in [-0.4, -0.2) is 15.2 Å². The first kappa shape index (κ1) is 25.5. The molecule has 0 fully saturated rings. The van der Waals surface area contributed by atoms with Gasteiger partial charge in [-0.05, 0) is 41.0 Å². The summed E-state index contributed by atoms with van der Waals surface area (Å²) in [5.41, 5.74) is -7.58. The third-order valence-electron chi connectivity index (χ3n) is 4.96. The van der Waals surface area contributed by atoms with Crippen molar-refractivity contribution >= 4 is 0 Å². The summed E-state index contributed by atoms with van der Waals surface area (Å²) in [5.74, 6) is -0.807. The minimum Gasteiger partial charge on any atom is -0.392 e. The summed E-state index contributed by atoms with van der Waals surface area (Å²) in [4.78, 5) is 2.97. The third kappa shape index (κ3) is 5.02. The van der Waals surface area contributed by atoms with Crippen LogP contribution in [0.3, 0.4) is 0 Å². The van der Waals surface area contributed by atoms with Crippen molar-refractivity contribution in [1.82, 2.24) is 4.98 Å². The lowest BCUT2D eigenvalue weighted by atomic mass is 9.87. The minimum atomic E-state index is -5.28. The summed E-state index contributed by atoms with van der Waals surface area (Å²) in [5, 5.41) is 20.5. The van der Waals surface area contributed by atoms with E-state index in [1.807, 2.05) is 0 Å². The minimum absolute atomic E-state index is 0.263. The molecule has 12 heteroatoms. The molecule has 3 nitrogen and oxygen atoms in total. The highest BCUT2D eigenvalue weighted by Gasteiger charge is 2.40. The molecule has 0 saturated heterocycles. The van der Waals surface area contributed by atoms with E-state index in [4.69, 9.17) is 0 Å². The Morgan fingerprint density at radius 1 is 0.824 bits per heavy atom. The topological polar surface area (TPSA) is 53.4 Å². The van der Waals surface area contributed by atoms with Gasteiger partial charge in [0.15, 0.2) is 5.69 Å². The van der Waals surface area contributed by atoms with Crippen LogP contribution in [0.25, 0.3) is 11.1 Å². The van der Waals surface area contributed by atoms with Crippen molar-refractivity contribution in [2.75, 3.05) is 0 Å². The van der Waals surface area contributed by atoms with Crippen LogP contribution in [0.2, 0.25) is 0 Å². The summed E-state index contributed by atoms with van der Waals surface area (Å²) in [6.45, 7) is -1.34. The molecular formula is C22H14F9NO2. The van der Waals surface area contributed by atoms with Crippen molar-refractivity contribution in [2.45, 2.75) is 31.5 Å². The van der Waals surface area contributed by atoms with E-state index in [1.165, 1.54) is 0 Å². The largest absolute Gasteiger partial charge is 0.433 e. The van der Waals surface area contributed by atoms with Crippen LogP contribution < -0.4 is 0 Å². The molecule has 2 aromatic carbocycles. The smallest absolute Gasteiger partial charge is 0.392 e. The van der Waals surface area contributed by atoms with E-state index >= 15 is 0 Å². The Bertz CT molecular complexity index is 1160. The van der Waals surface area contributed by atoms with Gasteiger partial charge in [0.2, 0.25) is 0 Å². The molecule has 182 valence electrons. The first-order chi connectivity index (χ1) is 15.8. The van der Waals surface area contributed by atoms with Crippen molar-refractivity contribution in [3.63, 3.8) is 0 Å². The number of halogens is 9. The normalized spacial score (nSPS) is 13.4. The zero-order valence-electron chi connectivity index (χ0n) is 16.7. The zero-order chi connectivity index (χ0) is 25.4. The molecule has 0 radical (unpaired) electrons. The van der Waals surface area contributed by atoms with E-state index in [0.717, 1.165) is 36.4 Å². The monoisotopic (exact) mass is 495 g/mol. The molecule has 0 saturated carbocycles. The van der Waals surface area contributed by atoms with Gasteiger partial charge >= 0.3 is 12.4 Å². The maximum Gasteiger partial charge on any atom is 0.433 e. The van der Waals surface area contributed by atoms with Crippen LogP contribution in [-0.2, 0) is 19.0 Å². The predicted octanol–water partition coefficient (Wildman–Crippen LogP) is 6.44. The number of rotatable bonds is 5. The number of hydrogen-bond donors (Lipinski definition) is 2. The molecule has 3 aromatic rings. The Balaban J connectivity index is 2.37. The number of nitrogens with zero attached hydrogens (tertiary/aromatic N) is 1. The van der Waals surface area contributed by atoms with Gasteiger partial charge in [-0.1, -0.05) is 24.3 Å². The summed E-state index contributed by atoms with van der Waals surface area (Å²) in [6, 6.07) is 6.19. The van der Waals surface area contributed by atoms with Crippen LogP contribution in [0.15, 0.2) is 48.5 Å². The molecule has 0 amide bonds. The van der Waals surface area contributed by atoms with E-state index in [0.29, 0.717) is 12.1 Å². The van der Waals surface area contributed by atoms with E-state index in [-0.39, 0.29) is 11.1 Å². The standard InChI is InChI=1S/C22H14F9NO2/c23-13-7-3-10(4-8-13)15-14(9-33)19(22(29,30)31)32-17(20(24)25)16(15)18(34)11-1-5-12(6-2-11)21(26,27)28/h1-8,18,20,33-34H,9H2. The van der Waals surface area contributed by atoms with Gasteiger partial charge in [0.25, 0.3) is 6.43 Å². The fourth-order valence-electron chi connectivity index (χ4n) is 3.46. The Hall–Kier alpha value is -3.12. The molecule has 1 unspecified atom stereocenters. The number of pyridine rings is 1. The maximum absolute atomic E-state index is 13.9. The van der Waals surface area contributed by atoms with Crippen LogP contribution in [0.1, 0.15) is 46.2 Å². The lowest BCUT2D eigenvalue weighted by Crippen LogP contribution is -2.19. The fraction of sp³-hybridized carbons (Fsp3) is 0.227. The second kappa shape index (κ2) is 9.26. The number of aliphatic hydroxyl groups is 2. The SMILES string of the molecule is OCc1c(C(F)(F)F)nc(C(F)F)c(C(O)c2ccc(C(F)(F)F)cc2)c1-c1ccc(F)cc1. The van der Waals surface area contributed by atoms with Crippen molar-refractivity contribution in [3.8, 4) is 11.1 Å². The maximum atomic E-state index is 13.9. The average molecular weight is 495 g/mol. The van der Waals surface area contributed by atoms with Gasteiger partial charge in [0, 0.05) is 11.1 Å². The summed E-state index contributed by atoms with van der Waals surface area (Å²) in [6.07, 6.45) is -15.8. The van der Waals surface area contributed by atoms with Crippen LogP contribution >= 0.6 is 0 Å². The molecule has 2 N–H and O–H groups in total. The zero-order valence-corrected chi connectivity index (χ0v) is 16.7. The molecule has 34 heavy (non-hydrogen) atoms. The van der Waals surface area contributed by atoms with E-state index < -0.39 is 70.9 Å². The van der Waals surface area contributed by atoms with Crippen LogP contribution in [0.4, 0.5) is 39.5 Å². The van der Waals surface area contributed by atoms with Crippen LogP contribution in [0.5, 0.6) is 0 Å². The molecule has 1 aromatic heterocycles. The van der Waals surface area contributed by atoms with Gasteiger partial charge in [-0.25, -0.2) is 18.2 Å². The van der Waals surface area contributed by atoms with Gasteiger partial charge in [-0.2, -0.15) is 26.3 Å². The molecule has 1 heterocycles. The number of benzene rings is 2. The van der Waals surface area contributed by atoms with Crippen molar-refractivity contribution < 1.29 is 49.7 Å². The van der Waals surface area contributed by atoms with Gasteiger partial charge < -0.3 is 10.2 Å². The highest BCUT2D eigenvalue weighted by Crippen LogP contribution is 2.44.